The number of para-hydroxylation sites is 2. The quantitative estimate of drug-likeness (QED) is 0.943. The zero-order valence-electron chi connectivity index (χ0n) is 13.1. The monoisotopic (exact) mass is 310 g/mol. The fourth-order valence-electron chi connectivity index (χ4n) is 2.45. The van der Waals surface area contributed by atoms with Crippen LogP contribution in [0.25, 0.3) is 0 Å². The molecule has 1 atom stereocenters. The molecule has 0 spiro atoms. The molecule has 5 heteroatoms. The minimum atomic E-state index is -1.04. The maximum Gasteiger partial charge on any atom is 0.271 e. The van der Waals surface area contributed by atoms with Crippen LogP contribution in [0.1, 0.15) is 18.9 Å². The van der Waals surface area contributed by atoms with Gasteiger partial charge in [0, 0.05) is 6.42 Å². The van der Waals surface area contributed by atoms with Crippen LogP contribution in [0.3, 0.4) is 0 Å². The van der Waals surface area contributed by atoms with Crippen molar-refractivity contribution in [1.29, 1.82) is 0 Å². The maximum absolute atomic E-state index is 12.6. The first kappa shape index (κ1) is 15.1. The second-order valence-corrected chi connectivity index (χ2v) is 5.56. The van der Waals surface area contributed by atoms with Crippen LogP contribution in [-0.2, 0) is 9.63 Å². The predicted octanol–water partition coefficient (Wildman–Crippen LogP) is 3.22. The molecule has 0 fully saturated rings. The number of rotatable bonds is 4. The van der Waals surface area contributed by atoms with Gasteiger partial charge >= 0.3 is 0 Å². The van der Waals surface area contributed by atoms with Gasteiger partial charge in [-0.15, -0.1) is 0 Å². The number of anilines is 1. The van der Waals surface area contributed by atoms with Gasteiger partial charge in [-0.25, -0.2) is 0 Å². The molecule has 5 nitrogen and oxygen atoms in total. The van der Waals surface area contributed by atoms with E-state index < -0.39 is 5.60 Å². The smallest absolute Gasteiger partial charge is 0.271 e. The first-order valence-electron chi connectivity index (χ1n) is 7.37. The molecule has 0 saturated heterocycles. The van der Waals surface area contributed by atoms with E-state index in [9.17, 15) is 4.79 Å². The second-order valence-electron chi connectivity index (χ2n) is 5.56. The van der Waals surface area contributed by atoms with Gasteiger partial charge in [-0.1, -0.05) is 47.6 Å². The molecule has 0 bridgehead atoms. The van der Waals surface area contributed by atoms with Crippen LogP contribution in [0.5, 0.6) is 5.75 Å². The van der Waals surface area contributed by atoms with E-state index in [1.165, 1.54) is 0 Å². The number of amides is 1. The minimum absolute atomic E-state index is 0.253. The summed E-state index contributed by atoms with van der Waals surface area (Å²) in [4.78, 5) is 18.1. The third-order valence-corrected chi connectivity index (χ3v) is 3.80. The molecular formula is C18H18N2O3. The van der Waals surface area contributed by atoms with Crippen LogP contribution in [0.15, 0.2) is 59.8 Å². The minimum Gasteiger partial charge on any atom is -0.495 e. The van der Waals surface area contributed by atoms with Crippen LogP contribution in [-0.4, -0.2) is 24.3 Å². The van der Waals surface area contributed by atoms with Gasteiger partial charge in [-0.3, -0.25) is 4.79 Å². The van der Waals surface area contributed by atoms with Crippen molar-refractivity contribution in [3.63, 3.8) is 0 Å². The van der Waals surface area contributed by atoms with Crippen LogP contribution >= 0.6 is 0 Å². The average molecular weight is 310 g/mol. The lowest BCUT2D eigenvalue weighted by molar-refractivity contribution is -0.135. The van der Waals surface area contributed by atoms with Crippen LogP contribution in [0, 0.1) is 0 Å². The molecule has 1 amide bonds. The Hall–Kier alpha value is -2.82. The Bertz CT molecular complexity index is 743. The Morgan fingerprint density at radius 1 is 1.17 bits per heavy atom. The number of carbonyl (C=O) groups excluding carboxylic acids is 1. The van der Waals surface area contributed by atoms with Crippen molar-refractivity contribution in [2.75, 3.05) is 12.4 Å². The van der Waals surface area contributed by atoms with Crippen LogP contribution in [0.4, 0.5) is 5.69 Å². The van der Waals surface area contributed by atoms with Gasteiger partial charge in [0.2, 0.25) is 5.60 Å². The molecule has 0 radical (unpaired) electrons. The summed E-state index contributed by atoms with van der Waals surface area (Å²) in [6, 6.07) is 17.0. The molecule has 2 aromatic carbocycles. The number of benzene rings is 2. The SMILES string of the molecule is COc1ccccc1NC(=O)C1(C)CC(c2ccccc2)=NO1. The maximum atomic E-state index is 12.6. The zero-order valence-corrected chi connectivity index (χ0v) is 13.1. The lowest BCUT2D eigenvalue weighted by atomic mass is 9.95. The van der Waals surface area contributed by atoms with E-state index in [0.29, 0.717) is 17.9 Å². The van der Waals surface area contributed by atoms with E-state index in [-0.39, 0.29) is 5.91 Å². The lowest BCUT2D eigenvalue weighted by Crippen LogP contribution is -2.40. The summed E-state index contributed by atoms with van der Waals surface area (Å²) < 4.78 is 5.25. The lowest BCUT2D eigenvalue weighted by Gasteiger charge is -2.21. The highest BCUT2D eigenvalue weighted by molar-refractivity contribution is 6.08. The van der Waals surface area contributed by atoms with E-state index in [2.05, 4.69) is 10.5 Å². The third-order valence-electron chi connectivity index (χ3n) is 3.80. The number of ether oxygens (including phenoxy) is 1. The first-order chi connectivity index (χ1) is 11.1. The molecule has 118 valence electrons. The van der Waals surface area contributed by atoms with Crippen LogP contribution < -0.4 is 10.1 Å². The fraction of sp³-hybridized carbons (Fsp3) is 0.222. The number of nitrogens with zero attached hydrogens (tertiary/aromatic N) is 1. The van der Waals surface area contributed by atoms with Crippen LogP contribution in [0.2, 0.25) is 0 Å². The van der Waals surface area contributed by atoms with E-state index in [1.807, 2.05) is 42.5 Å². The second kappa shape index (κ2) is 6.12. The largest absolute Gasteiger partial charge is 0.495 e. The molecule has 0 saturated carbocycles. The summed E-state index contributed by atoms with van der Waals surface area (Å²) in [7, 11) is 1.56. The highest BCUT2D eigenvalue weighted by atomic mass is 16.7. The van der Waals surface area contributed by atoms with Crippen molar-refractivity contribution < 1.29 is 14.4 Å². The first-order valence-corrected chi connectivity index (χ1v) is 7.37. The van der Waals surface area contributed by atoms with Gasteiger partial charge in [0.25, 0.3) is 5.91 Å². The Balaban J connectivity index is 1.74. The van der Waals surface area contributed by atoms with Crippen molar-refractivity contribution in [2.24, 2.45) is 5.16 Å². The fourth-order valence-corrected chi connectivity index (χ4v) is 2.45. The summed E-state index contributed by atoms with van der Waals surface area (Å²) in [6.07, 6.45) is 0.415. The van der Waals surface area contributed by atoms with Gasteiger partial charge in [0.05, 0.1) is 18.5 Å². The third kappa shape index (κ3) is 3.04. The molecule has 0 aliphatic carbocycles. The average Bonchev–Trinajstić information content (AvgIpc) is 3.00. The molecule has 1 aliphatic rings. The molecule has 2 aromatic rings. The van der Waals surface area contributed by atoms with E-state index in [0.717, 1.165) is 11.3 Å². The van der Waals surface area contributed by atoms with Crippen molar-refractivity contribution in [3.05, 3.63) is 60.2 Å². The standard InChI is InChI=1S/C18H18N2O3/c1-18(12-15(20-23-18)13-8-4-3-5-9-13)17(21)19-14-10-6-7-11-16(14)22-2/h3-11H,12H2,1-2H3,(H,19,21). The predicted molar refractivity (Wildman–Crippen MR) is 88.7 cm³/mol. The highest BCUT2D eigenvalue weighted by Crippen LogP contribution is 2.30. The summed E-state index contributed by atoms with van der Waals surface area (Å²) in [5, 5.41) is 6.94. The number of nitrogens with one attached hydrogen (secondary N) is 1. The summed E-state index contributed by atoms with van der Waals surface area (Å²) in [5.74, 6) is 0.350. The number of carbonyl (C=O) groups is 1. The van der Waals surface area contributed by atoms with Crippen molar-refractivity contribution >= 4 is 17.3 Å². The van der Waals surface area contributed by atoms with Gasteiger partial charge < -0.3 is 14.9 Å². The van der Waals surface area contributed by atoms with E-state index in [1.54, 1.807) is 26.2 Å². The number of oxime groups is 1. The summed E-state index contributed by atoms with van der Waals surface area (Å²) in [5.41, 5.74) is 1.30. The Labute approximate surface area is 134 Å². The highest BCUT2D eigenvalue weighted by Gasteiger charge is 2.42. The number of methoxy groups -OCH3 is 1. The molecule has 0 aromatic heterocycles. The van der Waals surface area contributed by atoms with Crippen molar-refractivity contribution in [3.8, 4) is 5.75 Å². The van der Waals surface area contributed by atoms with Gasteiger partial charge in [-0.05, 0) is 24.6 Å². The molecule has 3 rings (SSSR count). The van der Waals surface area contributed by atoms with Crippen molar-refractivity contribution in [1.82, 2.24) is 0 Å². The topological polar surface area (TPSA) is 59.9 Å². The number of hydrogen-bond donors (Lipinski definition) is 1. The Morgan fingerprint density at radius 2 is 1.87 bits per heavy atom. The zero-order chi connectivity index (χ0) is 16.3. The Kier molecular flexibility index (Phi) is 4.02. The molecule has 1 unspecified atom stereocenters. The summed E-state index contributed by atoms with van der Waals surface area (Å²) >= 11 is 0. The number of hydrogen-bond acceptors (Lipinski definition) is 4. The van der Waals surface area contributed by atoms with Gasteiger partial charge in [0.15, 0.2) is 0 Å². The van der Waals surface area contributed by atoms with Crippen molar-refractivity contribution in [2.45, 2.75) is 18.9 Å². The Morgan fingerprint density at radius 3 is 2.61 bits per heavy atom. The molecule has 1 N–H and O–H groups in total. The van der Waals surface area contributed by atoms with E-state index in [4.69, 9.17) is 9.57 Å². The van der Waals surface area contributed by atoms with Gasteiger partial charge in [0.1, 0.15) is 5.75 Å². The summed E-state index contributed by atoms with van der Waals surface area (Å²) in [6.45, 7) is 1.73. The molecule has 1 aliphatic heterocycles. The molecule has 23 heavy (non-hydrogen) atoms. The normalized spacial score (nSPS) is 19.7. The molecule has 1 heterocycles. The molecular weight excluding hydrogens is 292 g/mol. The van der Waals surface area contributed by atoms with Gasteiger partial charge in [-0.2, -0.15) is 0 Å². The van der Waals surface area contributed by atoms with E-state index >= 15 is 0 Å².